The van der Waals surface area contributed by atoms with Gasteiger partial charge in [-0.2, -0.15) is 0 Å². The van der Waals surface area contributed by atoms with Crippen LogP contribution < -0.4 is 0 Å². The number of ether oxygens (including phenoxy) is 1. The molecule has 3 unspecified atom stereocenters. The molecular weight excluding hydrogens is 310 g/mol. The highest BCUT2D eigenvalue weighted by molar-refractivity contribution is 6.24. The molecule has 0 radical (unpaired) electrons. The maximum Gasteiger partial charge on any atom is 0.312 e. The lowest BCUT2D eigenvalue weighted by atomic mass is 9.62. The zero-order chi connectivity index (χ0) is 17.7. The van der Waals surface area contributed by atoms with Gasteiger partial charge in [0.25, 0.3) is 0 Å². The lowest BCUT2D eigenvalue weighted by Gasteiger charge is -2.38. The first-order valence-corrected chi connectivity index (χ1v) is 8.28. The van der Waals surface area contributed by atoms with Crippen LogP contribution in [0, 0.1) is 29.6 Å². The Morgan fingerprint density at radius 2 is 2.21 bits per heavy atom. The number of ketones is 2. The number of rotatable bonds is 6. The molecular formula is C18H23NO5. The summed E-state index contributed by atoms with van der Waals surface area (Å²) in [6.07, 6.45) is 8.21. The van der Waals surface area contributed by atoms with Crippen LogP contribution in [0.1, 0.15) is 45.4 Å². The van der Waals surface area contributed by atoms with Gasteiger partial charge in [-0.05, 0) is 19.3 Å². The predicted molar refractivity (Wildman–Crippen MR) is 87.0 cm³/mol. The van der Waals surface area contributed by atoms with Crippen LogP contribution in [0.3, 0.4) is 0 Å². The van der Waals surface area contributed by atoms with Crippen molar-refractivity contribution < 1.29 is 24.0 Å². The van der Waals surface area contributed by atoms with Crippen LogP contribution in [0.25, 0.3) is 0 Å². The minimum atomic E-state index is -0.990. The van der Waals surface area contributed by atoms with Gasteiger partial charge in [0.1, 0.15) is 11.7 Å². The molecule has 0 bridgehead atoms. The highest BCUT2D eigenvalue weighted by Crippen LogP contribution is 2.52. The van der Waals surface area contributed by atoms with E-state index in [1.807, 2.05) is 6.92 Å². The maximum absolute atomic E-state index is 13.0. The van der Waals surface area contributed by atoms with Crippen molar-refractivity contribution in [2.24, 2.45) is 22.4 Å². The molecule has 2 rings (SSSR count). The van der Waals surface area contributed by atoms with Gasteiger partial charge in [0, 0.05) is 12.3 Å². The first kappa shape index (κ1) is 18.2. The number of hydrogen-bond acceptors (Lipinski definition) is 6. The molecule has 3 atom stereocenters. The van der Waals surface area contributed by atoms with Gasteiger partial charge in [-0.3, -0.25) is 14.4 Å². The Hall–Kier alpha value is -2.16. The number of carbonyl (C=O) groups is 3. The molecule has 0 aliphatic heterocycles. The molecule has 0 aromatic carbocycles. The molecule has 6 nitrogen and oxygen atoms in total. The SMILES string of the molecule is C#CCON=C(CCC)C1C(=O)CC2(C(=O)OC)CCCC2C1=O. The zero-order valence-electron chi connectivity index (χ0n) is 14.2. The maximum atomic E-state index is 13.0. The fourth-order valence-corrected chi connectivity index (χ4v) is 3.99. The average Bonchev–Trinajstić information content (AvgIpc) is 2.99. The van der Waals surface area contributed by atoms with E-state index in [0.29, 0.717) is 25.0 Å². The lowest BCUT2D eigenvalue weighted by Crippen LogP contribution is -2.52. The summed E-state index contributed by atoms with van der Waals surface area (Å²) in [7, 11) is 1.30. The minimum Gasteiger partial charge on any atom is -0.469 e. The van der Waals surface area contributed by atoms with E-state index >= 15 is 0 Å². The molecule has 2 fully saturated rings. The third-order valence-electron chi connectivity index (χ3n) is 4.98. The Morgan fingerprint density at radius 1 is 1.46 bits per heavy atom. The predicted octanol–water partition coefficient (Wildman–Crippen LogP) is 1.91. The van der Waals surface area contributed by atoms with E-state index in [0.717, 1.165) is 12.8 Å². The van der Waals surface area contributed by atoms with E-state index < -0.39 is 23.2 Å². The quantitative estimate of drug-likeness (QED) is 0.185. The fourth-order valence-electron chi connectivity index (χ4n) is 3.99. The summed E-state index contributed by atoms with van der Waals surface area (Å²) in [5.74, 6) is -0.0798. The van der Waals surface area contributed by atoms with Gasteiger partial charge >= 0.3 is 5.97 Å². The van der Waals surface area contributed by atoms with Crippen molar-refractivity contribution in [2.75, 3.05) is 13.7 Å². The van der Waals surface area contributed by atoms with Gasteiger partial charge in [0.2, 0.25) is 0 Å². The second-order valence-electron chi connectivity index (χ2n) is 6.38. The smallest absolute Gasteiger partial charge is 0.312 e. The molecule has 2 aliphatic carbocycles. The molecule has 24 heavy (non-hydrogen) atoms. The van der Waals surface area contributed by atoms with Crippen LogP contribution in [-0.2, 0) is 24.0 Å². The lowest BCUT2D eigenvalue weighted by molar-refractivity contribution is -0.164. The van der Waals surface area contributed by atoms with Crippen molar-refractivity contribution in [1.29, 1.82) is 0 Å². The second kappa shape index (κ2) is 7.61. The normalized spacial score (nSPS) is 29.8. The number of hydrogen-bond donors (Lipinski definition) is 0. The Labute approximate surface area is 141 Å². The molecule has 0 heterocycles. The molecule has 0 spiro atoms. The van der Waals surface area contributed by atoms with Gasteiger partial charge in [0.05, 0.1) is 18.2 Å². The Kier molecular flexibility index (Phi) is 5.76. The topological polar surface area (TPSA) is 82.0 Å². The van der Waals surface area contributed by atoms with Gasteiger partial charge < -0.3 is 9.57 Å². The molecule has 2 aliphatic rings. The first-order valence-electron chi connectivity index (χ1n) is 8.28. The minimum absolute atomic E-state index is 0.0160. The summed E-state index contributed by atoms with van der Waals surface area (Å²) in [5, 5.41) is 3.95. The Morgan fingerprint density at radius 3 is 2.83 bits per heavy atom. The Balaban J connectivity index is 2.33. The van der Waals surface area contributed by atoms with E-state index in [1.54, 1.807) is 0 Å². The van der Waals surface area contributed by atoms with Crippen LogP contribution in [0.15, 0.2) is 5.16 Å². The van der Waals surface area contributed by atoms with E-state index in [-0.39, 0.29) is 24.6 Å². The number of esters is 1. The zero-order valence-corrected chi connectivity index (χ0v) is 14.2. The molecule has 0 aromatic rings. The standard InChI is InChI=1S/C18H23NO5/c1-4-7-13(19-24-10-5-2)15-14(20)11-18(17(22)23-3)9-6-8-12(18)16(15)21/h2,12,15H,4,6-11H2,1,3H3. The van der Waals surface area contributed by atoms with Crippen molar-refractivity contribution >= 4 is 23.2 Å². The highest BCUT2D eigenvalue weighted by atomic mass is 16.6. The van der Waals surface area contributed by atoms with Crippen molar-refractivity contribution in [3.05, 3.63) is 0 Å². The summed E-state index contributed by atoms with van der Waals surface area (Å²) in [6.45, 7) is 1.92. The third-order valence-corrected chi connectivity index (χ3v) is 4.98. The summed E-state index contributed by atoms with van der Waals surface area (Å²) in [5.41, 5.74) is -0.579. The molecule has 130 valence electrons. The number of oxime groups is 1. The molecule has 0 saturated heterocycles. The van der Waals surface area contributed by atoms with E-state index in [9.17, 15) is 14.4 Å². The van der Waals surface area contributed by atoms with Crippen LogP contribution in [0.4, 0.5) is 0 Å². The Bertz CT molecular complexity index is 603. The van der Waals surface area contributed by atoms with Crippen LogP contribution in [-0.4, -0.2) is 37.0 Å². The van der Waals surface area contributed by atoms with Gasteiger partial charge in [0.15, 0.2) is 12.4 Å². The van der Waals surface area contributed by atoms with E-state index in [2.05, 4.69) is 11.1 Å². The fraction of sp³-hybridized carbons (Fsp3) is 0.667. The summed E-state index contributed by atoms with van der Waals surface area (Å²) >= 11 is 0. The molecule has 0 aromatic heterocycles. The monoisotopic (exact) mass is 333 g/mol. The number of methoxy groups -OCH3 is 1. The summed E-state index contributed by atoms with van der Waals surface area (Å²) in [6, 6.07) is 0. The molecule has 6 heteroatoms. The van der Waals surface area contributed by atoms with Crippen LogP contribution in [0.2, 0.25) is 0 Å². The average molecular weight is 333 g/mol. The van der Waals surface area contributed by atoms with Crippen LogP contribution >= 0.6 is 0 Å². The van der Waals surface area contributed by atoms with E-state index in [4.69, 9.17) is 16.0 Å². The number of Topliss-reactive ketones (excluding diaryl/α,β-unsaturated/α-hetero) is 2. The number of fused-ring (bicyclic) bond motifs is 1. The van der Waals surface area contributed by atoms with Crippen molar-refractivity contribution in [3.8, 4) is 12.3 Å². The van der Waals surface area contributed by atoms with E-state index in [1.165, 1.54) is 7.11 Å². The third kappa shape index (κ3) is 3.08. The first-order chi connectivity index (χ1) is 11.5. The van der Waals surface area contributed by atoms with Gasteiger partial charge in [-0.1, -0.05) is 30.8 Å². The van der Waals surface area contributed by atoms with Crippen molar-refractivity contribution in [3.63, 3.8) is 0 Å². The van der Waals surface area contributed by atoms with Crippen molar-refractivity contribution in [2.45, 2.75) is 45.4 Å². The summed E-state index contributed by atoms with van der Waals surface area (Å²) < 4.78 is 4.89. The van der Waals surface area contributed by atoms with Gasteiger partial charge in [-0.25, -0.2) is 0 Å². The number of nitrogens with zero attached hydrogens (tertiary/aromatic N) is 1. The molecule has 0 N–H and O–H groups in total. The van der Waals surface area contributed by atoms with Crippen molar-refractivity contribution in [1.82, 2.24) is 0 Å². The largest absolute Gasteiger partial charge is 0.469 e. The number of terminal acetylenes is 1. The highest BCUT2D eigenvalue weighted by Gasteiger charge is 2.60. The van der Waals surface area contributed by atoms with Crippen LogP contribution in [0.5, 0.6) is 0 Å². The summed E-state index contributed by atoms with van der Waals surface area (Å²) in [4.78, 5) is 43.0. The van der Waals surface area contributed by atoms with Gasteiger partial charge in [-0.15, -0.1) is 6.42 Å². The number of carbonyl (C=O) groups excluding carboxylic acids is 3. The molecule has 0 amide bonds. The molecule has 2 saturated carbocycles. The second-order valence-corrected chi connectivity index (χ2v) is 6.38.